The maximum Gasteiger partial charge on any atom is 0.0346 e. The fourth-order valence-corrected chi connectivity index (χ4v) is 2.22. The Morgan fingerprint density at radius 3 is 2.79 bits per heavy atom. The fraction of sp³-hybridized carbons (Fsp3) is 0.167. The van der Waals surface area contributed by atoms with Crippen molar-refractivity contribution in [3.05, 3.63) is 51.7 Å². The summed E-state index contributed by atoms with van der Waals surface area (Å²) in [6.07, 6.45) is 0.995. The molecule has 1 aromatic carbocycles. The maximum atomic E-state index is 5.85. The van der Waals surface area contributed by atoms with Gasteiger partial charge in [-0.3, -0.25) is 0 Å². The lowest BCUT2D eigenvalue weighted by Gasteiger charge is -2.06. The second-order valence-electron chi connectivity index (χ2n) is 3.39. The zero-order valence-corrected chi connectivity index (χ0v) is 8.97. The van der Waals surface area contributed by atoms with E-state index in [1.54, 1.807) is 11.3 Å². The normalized spacial score (nSPS) is 10.4. The van der Waals surface area contributed by atoms with Crippen molar-refractivity contribution in [2.24, 2.45) is 0 Å². The SMILES string of the molecule is Cc1c(N)cccc1Cc1cccs1. The molecule has 0 saturated heterocycles. The van der Waals surface area contributed by atoms with Gasteiger partial charge < -0.3 is 5.73 Å². The zero-order chi connectivity index (χ0) is 9.97. The van der Waals surface area contributed by atoms with E-state index in [1.807, 2.05) is 12.1 Å². The van der Waals surface area contributed by atoms with Crippen molar-refractivity contribution < 1.29 is 0 Å². The Kier molecular flexibility index (Phi) is 2.55. The molecule has 14 heavy (non-hydrogen) atoms. The molecule has 0 unspecified atom stereocenters. The van der Waals surface area contributed by atoms with Gasteiger partial charge in [0.2, 0.25) is 0 Å². The standard InChI is InChI=1S/C12H13NS/c1-9-10(4-2-6-12(9)13)8-11-5-3-7-14-11/h2-7H,8,13H2,1H3. The predicted octanol–water partition coefficient (Wildman–Crippen LogP) is 3.23. The molecule has 2 N–H and O–H groups in total. The molecule has 1 aromatic heterocycles. The summed E-state index contributed by atoms with van der Waals surface area (Å²) in [6, 6.07) is 10.4. The van der Waals surface area contributed by atoms with Gasteiger partial charge in [-0.1, -0.05) is 18.2 Å². The van der Waals surface area contributed by atoms with Crippen LogP contribution in [0.3, 0.4) is 0 Å². The van der Waals surface area contributed by atoms with Crippen LogP contribution in [0.2, 0.25) is 0 Å². The van der Waals surface area contributed by atoms with E-state index in [0.29, 0.717) is 0 Å². The number of hydrogen-bond acceptors (Lipinski definition) is 2. The highest BCUT2D eigenvalue weighted by Gasteiger charge is 2.02. The average molecular weight is 203 g/mol. The summed E-state index contributed by atoms with van der Waals surface area (Å²) < 4.78 is 0. The van der Waals surface area contributed by atoms with Gasteiger partial charge in [0.1, 0.15) is 0 Å². The van der Waals surface area contributed by atoms with E-state index < -0.39 is 0 Å². The lowest BCUT2D eigenvalue weighted by atomic mass is 10.0. The number of nitrogen functional groups attached to an aromatic ring is 1. The molecule has 0 atom stereocenters. The van der Waals surface area contributed by atoms with Crippen molar-refractivity contribution >= 4 is 17.0 Å². The predicted molar refractivity (Wildman–Crippen MR) is 62.7 cm³/mol. The Bertz CT molecular complexity index is 418. The quantitative estimate of drug-likeness (QED) is 0.745. The van der Waals surface area contributed by atoms with E-state index >= 15 is 0 Å². The molecular weight excluding hydrogens is 190 g/mol. The first-order valence-corrected chi connectivity index (χ1v) is 5.51. The molecule has 0 amide bonds. The smallest absolute Gasteiger partial charge is 0.0346 e. The summed E-state index contributed by atoms with van der Waals surface area (Å²) in [4.78, 5) is 1.39. The summed E-state index contributed by atoms with van der Waals surface area (Å²) >= 11 is 1.79. The number of anilines is 1. The minimum atomic E-state index is 0.888. The van der Waals surface area contributed by atoms with Crippen molar-refractivity contribution in [1.29, 1.82) is 0 Å². The molecule has 0 saturated carbocycles. The Morgan fingerprint density at radius 1 is 1.21 bits per heavy atom. The fourth-order valence-electron chi connectivity index (χ4n) is 1.50. The van der Waals surface area contributed by atoms with Crippen molar-refractivity contribution in [3.8, 4) is 0 Å². The van der Waals surface area contributed by atoms with Gasteiger partial charge in [0.25, 0.3) is 0 Å². The lowest BCUT2D eigenvalue weighted by molar-refractivity contribution is 1.20. The summed E-state index contributed by atoms with van der Waals surface area (Å²) in [5, 5.41) is 2.11. The van der Waals surface area contributed by atoms with Crippen molar-refractivity contribution in [1.82, 2.24) is 0 Å². The second kappa shape index (κ2) is 3.84. The number of hydrogen-bond donors (Lipinski definition) is 1. The molecule has 1 heterocycles. The van der Waals surface area contributed by atoms with E-state index in [1.165, 1.54) is 16.0 Å². The third-order valence-corrected chi connectivity index (χ3v) is 3.31. The van der Waals surface area contributed by atoms with Gasteiger partial charge >= 0.3 is 0 Å². The minimum absolute atomic E-state index is 0.888. The summed E-state index contributed by atoms with van der Waals surface area (Å²) in [5.74, 6) is 0. The first-order chi connectivity index (χ1) is 6.77. The number of benzene rings is 1. The van der Waals surface area contributed by atoms with Crippen LogP contribution in [0.5, 0.6) is 0 Å². The first kappa shape index (κ1) is 9.28. The molecule has 0 fully saturated rings. The van der Waals surface area contributed by atoms with Crippen LogP contribution in [0, 0.1) is 6.92 Å². The van der Waals surface area contributed by atoms with Crippen LogP contribution in [-0.4, -0.2) is 0 Å². The van der Waals surface area contributed by atoms with Gasteiger partial charge in [-0.05, 0) is 35.6 Å². The molecule has 1 nitrogen and oxygen atoms in total. The van der Waals surface area contributed by atoms with Crippen LogP contribution in [0.4, 0.5) is 5.69 Å². The van der Waals surface area contributed by atoms with Crippen LogP contribution >= 0.6 is 11.3 Å². The molecule has 2 heteroatoms. The Balaban J connectivity index is 2.29. The van der Waals surface area contributed by atoms with E-state index in [-0.39, 0.29) is 0 Å². The van der Waals surface area contributed by atoms with Crippen LogP contribution in [0.25, 0.3) is 0 Å². The van der Waals surface area contributed by atoms with E-state index in [0.717, 1.165) is 12.1 Å². The van der Waals surface area contributed by atoms with Crippen LogP contribution in [0.15, 0.2) is 35.7 Å². The molecule has 0 radical (unpaired) electrons. The zero-order valence-electron chi connectivity index (χ0n) is 8.16. The van der Waals surface area contributed by atoms with Crippen LogP contribution in [-0.2, 0) is 6.42 Å². The second-order valence-corrected chi connectivity index (χ2v) is 4.42. The molecule has 0 aliphatic rings. The van der Waals surface area contributed by atoms with E-state index in [4.69, 9.17) is 5.73 Å². The number of thiophene rings is 1. The number of nitrogens with two attached hydrogens (primary N) is 1. The first-order valence-electron chi connectivity index (χ1n) is 4.63. The van der Waals surface area contributed by atoms with Crippen molar-refractivity contribution in [3.63, 3.8) is 0 Å². The summed E-state index contributed by atoms with van der Waals surface area (Å²) in [7, 11) is 0. The molecular formula is C12H13NS. The summed E-state index contributed by atoms with van der Waals surface area (Å²) in [6.45, 7) is 2.08. The van der Waals surface area contributed by atoms with Gasteiger partial charge in [-0.25, -0.2) is 0 Å². The molecule has 0 bridgehead atoms. The molecule has 2 aromatic rings. The van der Waals surface area contributed by atoms with Gasteiger partial charge in [0.15, 0.2) is 0 Å². The average Bonchev–Trinajstić information content (AvgIpc) is 2.66. The highest BCUT2D eigenvalue weighted by molar-refractivity contribution is 7.09. The van der Waals surface area contributed by atoms with Gasteiger partial charge in [0, 0.05) is 17.0 Å². The highest BCUT2D eigenvalue weighted by Crippen LogP contribution is 2.20. The Labute approximate surface area is 88.2 Å². The van der Waals surface area contributed by atoms with Gasteiger partial charge in [0.05, 0.1) is 0 Å². The minimum Gasteiger partial charge on any atom is -0.399 e. The highest BCUT2D eigenvalue weighted by atomic mass is 32.1. The topological polar surface area (TPSA) is 26.0 Å². The van der Waals surface area contributed by atoms with Crippen molar-refractivity contribution in [2.45, 2.75) is 13.3 Å². The largest absolute Gasteiger partial charge is 0.399 e. The molecule has 2 rings (SSSR count). The summed E-state index contributed by atoms with van der Waals surface area (Å²) in [5.41, 5.74) is 9.28. The van der Waals surface area contributed by atoms with Crippen LogP contribution in [0.1, 0.15) is 16.0 Å². The lowest BCUT2D eigenvalue weighted by Crippen LogP contribution is -1.95. The Hall–Kier alpha value is -1.28. The molecule has 72 valence electrons. The van der Waals surface area contributed by atoms with Crippen LogP contribution < -0.4 is 5.73 Å². The van der Waals surface area contributed by atoms with Crippen molar-refractivity contribution in [2.75, 3.05) is 5.73 Å². The van der Waals surface area contributed by atoms with E-state index in [2.05, 4.69) is 30.5 Å². The van der Waals surface area contributed by atoms with E-state index in [9.17, 15) is 0 Å². The third kappa shape index (κ3) is 1.80. The molecule has 0 aliphatic heterocycles. The van der Waals surface area contributed by atoms with Gasteiger partial charge in [-0.2, -0.15) is 0 Å². The number of rotatable bonds is 2. The monoisotopic (exact) mass is 203 g/mol. The van der Waals surface area contributed by atoms with Gasteiger partial charge in [-0.15, -0.1) is 11.3 Å². The third-order valence-electron chi connectivity index (χ3n) is 2.43. The molecule has 0 spiro atoms. The maximum absolute atomic E-state index is 5.85. The Morgan fingerprint density at radius 2 is 2.07 bits per heavy atom. The molecule has 0 aliphatic carbocycles.